The highest BCUT2D eigenvalue weighted by atomic mass is 19.4. The minimum Gasteiger partial charge on any atom is -0.339 e. The number of benzene rings is 1. The van der Waals surface area contributed by atoms with Gasteiger partial charge in [-0.25, -0.2) is 9.37 Å². The van der Waals surface area contributed by atoms with E-state index in [4.69, 9.17) is 10.7 Å². The quantitative estimate of drug-likeness (QED) is 0.534. The van der Waals surface area contributed by atoms with Gasteiger partial charge in [-0.05, 0) is 43.7 Å². The summed E-state index contributed by atoms with van der Waals surface area (Å²) in [5, 5.41) is 18.9. The lowest BCUT2D eigenvalue weighted by molar-refractivity contribution is -0.149. The third-order valence-corrected chi connectivity index (χ3v) is 3.79. The fourth-order valence-corrected chi connectivity index (χ4v) is 2.20. The van der Waals surface area contributed by atoms with Gasteiger partial charge in [0.25, 0.3) is 5.91 Å². The monoisotopic (exact) mass is 393 g/mol. The normalized spacial score (nSPS) is 13.0. The topological polar surface area (TPSA) is 105 Å². The van der Waals surface area contributed by atoms with Gasteiger partial charge in [-0.2, -0.15) is 18.4 Å². The van der Waals surface area contributed by atoms with Crippen molar-refractivity contribution in [3.63, 3.8) is 0 Å². The van der Waals surface area contributed by atoms with Crippen LogP contribution in [0.4, 0.5) is 17.6 Å². The lowest BCUT2D eigenvalue weighted by Gasteiger charge is -2.16. The molecule has 0 aliphatic carbocycles. The number of imidazole rings is 1. The third kappa shape index (κ3) is 4.82. The Morgan fingerprint density at radius 2 is 2.11 bits per heavy atom. The molecule has 28 heavy (non-hydrogen) atoms. The summed E-state index contributed by atoms with van der Waals surface area (Å²) in [5.74, 6) is -1.42. The van der Waals surface area contributed by atoms with Gasteiger partial charge < -0.3 is 15.7 Å². The molecule has 0 spiro atoms. The number of carbonyl (C=O) groups excluding carboxylic acids is 1. The first kappa shape index (κ1) is 20.8. The van der Waals surface area contributed by atoms with Gasteiger partial charge in [0, 0.05) is 5.56 Å². The van der Waals surface area contributed by atoms with Crippen molar-refractivity contribution in [2.24, 2.45) is 0 Å². The predicted molar refractivity (Wildman–Crippen MR) is 93.2 cm³/mol. The first-order valence-corrected chi connectivity index (χ1v) is 7.92. The van der Waals surface area contributed by atoms with Gasteiger partial charge in [0.2, 0.25) is 0 Å². The lowest BCUT2D eigenvalue weighted by atomic mass is 10.0. The predicted octanol–water partition coefficient (Wildman–Crippen LogP) is 3.57. The molecule has 2 rings (SSSR count). The van der Waals surface area contributed by atoms with E-state index in [0.29, 0.717) is 5.57 Å². The average Bonchev–Trinajstić information content (AvgIpc) is 3.10. The van der Waals surface area contributed by atoms with Crippen LogP contribution in [0.1, 0.15) is 41.3 Å². The smallest absolute Gasteiger partial charge is 0.339 e. The summed E-state index contributed by atoms with van der Waals surface area (Å²) in [4.78, 5) is 18.4. The van der Waals surface area contributed by atoms with Crippen molar-refractivity contribution in [3.05, 3.63) is 58.9 Å². The zero-order chi connectivity index (χ0) is 21.1. The number of allylic oxidation sites excluding steroid dienone is 2. The van der Waals surface area contributed by atoms with Gasteiger partial charge in [0.15, 0.2) is 0 Å². The molecule has 146 valence electrons. The van der Waals surface area contributed by atoms with Crippen molar-refractivity contribution in [1.29, 1.82) is 10.7 Å². The molecule has 0 aliphatic heterocycles. The van der Waals surface area contributed by atoms with E-state index in [1.165, 1.54) is 12.1 Å². The van der Waals surface area contributed by atoms with Crippen LogP contribution in [0.5, 0.6) is 0 Å². The van der Waals surface area contributed by atoms with Crippen LogP contribution in [-0.4, -0.2) is 33.8 Å². The van der Waals surface area contributed by atoms with E-state index in [1.807, 2.05) is 0 Å². The first-order chi connectivity index (χ1) is 13.0. The Morgan fingerprint density at radius 1 is 1.43 bits per heavy atom. The molecule has 3 N–H and O–H groups in total. The fourth-order valence-electron chi connectivity index (χ4n) is 2.20. The summed E-state index contributed by atoms with van der Waals surface area (Å²) in [6, 6.07) is 3.18. The Labute approximate surface area is 157 Å². The number of nitrogens with zero attached hydrogens (tertiary/aromatic N) is 2. The van der Waals surface area contributed by atoms with Gasteiger partial charge in [-0.1, -0.05) is 0 Å². The van der Waals surface area contributed by atoms with E-state index in [2.05, 4.69) is 9.97 Å². The van der Waals surface area contributed by atoms with E-state index >= 15 is 0 Å². The average molecular weight is 393 g/mol. The number of alkyl halides is 3. The maximum absolute atomic E-state index is 13.2. The van der Waals surface area contributed by atoms with Crippen LogP contribution in [0, 0.1) is 22.6 Å². The molecule has 1 aromatic heterocycles. The molecule has 10 heteroatoms. The Hall–Kier alpha value is -3.48. The van der Waals surface area contributed by atoms with E-state index < -0.39 is 23.9 Å². The molecule has 0 saturated heterocycles. The van der Waals surface area contributed by atoms with Crippen LogP contribution >= 0.6 is 0 Å². The van der Waals surface area contributed by atoms with Crippen molar-refractivity contribution in [2.45, 2.75) is 26.1 Å². The number of aromatic amines is 1. The largest absolute Gasteiger partial charge is 0.408 e. The van der Waals surface area contributed by atoms with E-state index in [0.717, 1.165) is 25.3 Å². The number of H-pyrrole nitrogens is 1. The van der Waals surface area contributed by atoms with Crippen molar-refractivity contribution < 1.29 is 22.4 Å². The molecule has 1 heterocycles. The molecule has 2 aromatic rings. The van der Waals surface area contributed by atoms with Crippen molar-refractivity contribution >= 4 is 17.2 Å². The number of amides is 1. The van der Waals surface area contributed by atoms with Crippen molar-refractivity contribution in [2.75, 3.05) is 0 Å². The van der Waals surface area contributed by atoms with E-state index in [1.54, 1.807) is 18.3 Å². The molecule has 6 nitrogen and oxygen atoms in total. The number of aromatic nitrogens is 2. The fraction of sp³-hybridized carbons (Fsp3) is 0.222. The number of hydrogen-bond donors (Lipinski definition) is 3. The molecule has 0 bridgehead atoms. The van der Waals surface area contributed by atoms with Gasteiger partial charge in [-0.3, -0.25) is 4.79 Å². The van der Waals surface area contributed by atoms with Crippen molar-refractivity contribution in [1.82, 2.24) is 15.3 Å². The number of nitriles is 1. The van der Waals surface area contributed by atoms with Crippen LogP contribution in [0.2, 0.25) is 0 Å². The highest BCUT2D eigenvalue weighted by Gasteiger charge is 2.37. The Bertz CT molecular complexity index is 985. The first-order valence-electron chi connectivity index (χ1n) is 7.92. The Kier molecular flexibility index (Phi) is 5.98. The summed E-state index contributed by atoms with van der Waals surface area (Å²) in [6.07, 6.45) is -2.16. The van der Waals surface area contributed by atoms with Crippen LogP contribution in [0.3, 0.4) is 0 Å². The van der Waals surface area contributed by atoms with Gasteiger partial charge in [0.05, 0.1) is 23.5 Å². The Morgan fingerprint density at radius 3 is 2.71 bits per heavy atom. The molecule has 1 atom stereocenters. The summed E-state index contributed by atoms with van der Waals surface area (Å²) in [7, 11) is 0. The van der Waals surface area contributed by atoms with Gasteiger partial charge in [0.1, 0.15) is 23.4 Å². The summed E-state index contributed by atoms with van der Waals surface area (Å²) >= 11 is 0. The molecular formula is C18H15F4N5O. The van der Waals surface area contributed by atoms with Gasteiger partial charge >= 0.3 is 6.18 Å². The number of halogens is 4. The molecule has 0 saturated carbocycles. The van der Waals surface area contributed by atoms with E-state index in [9.17, 15) is 22.4 Å². The minimum absolute atomic E-state index is 0.0188. The van der Waals surface area contributed by atoms with Gasteiger partial charge in [-0.15, -0.1) is 0 Å². The summed E-state index contributed by atoms with van der Waals surface area (Å²) in [5.41, 5.74) is 0.301. The molecule has 0 radical (unpaired) electrons. The zero-order valence-corrected chi connectivity index (χ0v) is 14.8. The second kappa shape index (κ2) is 8.04. The summed E-state index contributed by atoms with van der Waals surface area (Å²) in [6.45, 7) is 2.38. The van der Waals surface area contributed by atoms with E-state index in [-0.39, 0.29) is 28.4 Å². The van der Waals surface area contributed by atoms with Crippen LogP contribution in [-0.2, 0) is 0 Å². The molecule has 0 aliphatic rings. The Balaban J connectivity index is 2.20. The second-order valence-corrected chi connectivity index (χ2v) is 5.92. The highest BCUT2D eigenvalue weighted by Crippen LogP contribution is 2.20. The third-order valence-electron chi connectivity index (χ3n) is 3.79. The summed E-state index contributed by atoms with van der Waals surface area (Å²) < 4.78 is 50.8. The maximum Gasteiger partial charge on any atom is 0.408 e. The van der Waals surface area contributed by atoms with Crippen LogP contribution in [0.25, 0.3) is 5.57 Å². The lowest BCUT2D eigenvalue weighted by Crippen LogP contribution is -2.43. The minimum atomic E-state index is -4.57. The number of nitrogens with one attached hydrogen (secondary N) is 3. The molecule has 1 amide bonds. The molecule has 0 fully saturated rings. The number of carbonyl (C=O) groups is 1. The SMILES string of the molecule is C/C(=C/C(=N)c1ccc(F)cc1C#N)c1ncc(C(=O)NC(C)C(F)(F)F)[nH]1. The number of hydrogen-bond acceptors (Lipinski definition) is 4. The number of rotatable bonds is 5. The molecular weight excluding hydrogens is 378 g/mol. The second-order valence-electron chi connectivity index (χ2n) is 5.92. The molecule has 1 aromatic carbocycles. The zero-order valence-electron chi connectivity index (χ0n) is 14.8. The van der Waals surface area contributed by atoms with Crippen molar-refractivity contribution in [3.8, 4) is 6.07 Å². The van der Waals surface area contributed by atoms with Crippen LogP contribution in [0.15, 0.2) is 30.5 Å². The highest BCUT2D eigenvalue weighted by molar-refractivity contribution is 6.11. The maximum atomic E-state index is 13.2. The standard InChI is InChI=1S/C18H15F4N5O/c1-9(5-14(24)13-4-3-12(19)6-11(13)7-23)16-25-8-15(27-16)17(28)26-10(2)18(20,21)22/h3-6,8,10,24H,1-2H3,(H,25,27)(H,26,28)/b9-5-,24-14?. The van der Waals surface area contributed by atoms with Crippen LogP contribution < -0.4 is 5.32 Å². The molecule has 1 unspecified atom stereocenters.